The molecule has 1 aromatic carbocycles. The lowest BCUT2D eigenvalue weighted by Crippen LogP contribution is -2.16. The Morgan fingerprint density at radius 2 is 1.80 bits per heavy atom. The number of hydrogen-bond donors (Lipinski definition) is 1. The molecular formula is C14H23N. The Kier molecular flexibility index (Phi) is 5.41. The Morgan fingerprint density at radius 3 is 2.27 bits per heavy atom. The summed E-state index contributed by atoms with van der Waals surface area (Å²) in [5.41, 5.74) is 2.92. The molecule has 0 fully saturated rings. The van der Waals surface area contributed by atoms with E-state index in [-0.39, 0.29) is 0 Å². The van der Waals surface area contributed by atoms with E-state index >= 15 is 0 Å². The van der Waals surface area contributed by atoms with E-state index in [0.717, 1.165) is 6.54 Å². The Bertz CT molecular complexity index is 263. The van der Waals surface area contributed by atoms with E-state index in [1.807, 2.05) is 7.05 Å². The van der Waals surface area contributed by atoms with Gasteiger partial charge >= 0.3 is 0 Å². The monoisotopic (exact) mass is 205 g/mol. The lowest BCUT2D eigenvalue weighted by molar-refractivity contribution is 0.611. The van der Waals surface area contributed by atoms with Crippen LogP contribution in [0, 0.1) is 0 Å². The van der Waals surface area contributed by atoms with Crippen LogP contribution in [-0.2, 0) is 6.42 Å². The molecule has 1 aromatic rings. The van der Waals surface area contributed by atoms with Crippen LogP contribution < -0.4 is 5.32 Å². The van der Waals surface area contributed by atoms with E-state index in [1.165, 1.54) is 30.4 Å². The molecule has 0 aromatic heterocycles. The highest BCUT2D eigenvalue weighted by Gasteiger charge is 2.07. The van der Waals surface area contributed by atoms with E-state index in [0.29, 0.717) is 5.92 Å². The average molecular weight is 205 g/mol. The topological polar surface area (TPSA) is 12.0 Å². The first-order valence-electron chi connectivity index (χ1n) is 6.05. The standard InChI is InChI=1S/C14H23N/c1-4-6-12-7-9-14(10-8-12)13(5-2)11-15-3/h7-10,13,15H,4-6,11H2,1-3H3. The van der Waals surface area contributed by atoms with Gasteiger partial charge in [-0.2, -0.15) is 0 Å². The van der Waals surface area contributed by atoms with Crippen LogP contribution in [0.3, 0.4) is 0 Å². The number of benzene rings is 1. The van der Waals surface area contributed by atoms with Crippen molar-refractivity contribution in [1.29, 1.82) is 0 Å². The summed E-state index contributed by atoms with van der Waals surface area (Å²) in [6, 6.07) is 9.13. The second-order valence-corrected chi connectivity index (χ2v) is 4.15. The van der Waals surface area contributed by atoms with E-state index in [9.17, 15) is 0 Å². The molecule has 0 heterocycles. The van der Waals surface area contributed by atoms with Crippen LogP contribution in [0.2, 0.25) is 0 Å². The van der Waals surface area contributed by atoms with Gasteiger partial charge in [-0.25, -0.2) is 0 Å². The van der Waals surface area contributed by atoms with Gasteiger partial charge in [-0.1, -0.05) is 44.5 Å². The summed E-state index contributed by atoms with van der Waals surface area (Å²) in [6.07, 6.45) is 3.63. The summed E-state index contributed by atoms with van der Waals surface area (Å²) in [7, 11) is 2.02. The van der Waals surface area contributed by atoms with Gasteiger partial charge in [-0.3, -0.25) is 0 Å². The van der Waals surface area contributed by atoms with Crippen LogP contribution in [0.15, 0.2) is 24.3 Å². The van der Waals surface area contributed by atoms with Crippen LogP contribution in [0.1, 0.15) is 43.7 Å². The zero-order valence-electron chi connectivity index (χ0n) is 10.2. The van der Waals surface area contributed by atoms with Gasteiger partial charge in [-0.05, 0) is 36.9 Å². The normalized spacial score (nSPS) is 12.7. The van der Waals surface area contributed by atoms with Crippen LogP contribution in [-0.4, -0.2) is 13.6 Å². The van der Waals surface area contributed by atoms with Crippen LogP contribution in [0.4, 0.5) is 0 Å². The van der Waals surface area contributed by atoms with Gasteiger partial charge in [0, 0.05) is 6.54 Å². The predicted octanol–water partition coefficient (Wildman–Crippen LogP) is 3.35. The maximum Gasteiger partial charge on any atom is 0.00170 e. The third kappa shape index (κ3) is 3.67. The number of hydrogen-bond acceptors (Lipinski definition) is 1. The van der Waals surface area contributed by atoms with Gasteiger partial charge < -0.3 is 5.32 Å². The Labute approximate surface area is 93.9 Å². The van der Waals surface area contributed by atoms with Crippen molar-refractivity contribution >= 4 is 0 Å². The molecule has 0 aliphatic carbocycles. The highest BCUT2D eigenvalue weighted by molar-refractivity contribution is 5.25. The first kappa shape index (κ1) is 12.3. The van der Waals surface area contributed by atoms with Gasteiger partial charge in [0.25, 0.3) is 0 Å². The Hall–Kier alpha value is -0.820. The molecule has 1 rings (SSSR count). The molecule has 0 saturated carbocycles. The Morgan fingerprint density at radius 1 is 1.13 bits per heavy atom. The largest absolute Gasteiger partial charge is 0.319 e. The quantitative estimate of drug-likeness (QED) is 0.751. The molecule has 0 aliphatic heterocycles. The zero-order chi connectivity index (χ0) is 11.1. The molecule has 0 aliphatic rings. The fraction of sp³-hybridized carbons (Fsp3) is 0.571. The van der Waals surface area contributed by atoms with Gasteiger partial charge in [0.1, 0.15) is 0 Å². The molecule has 15 heavy (non-hydrogen) atoms. The lowest BCUT2D eigenvalue weighted by atomic mass is 9.95. The summed E-state index contributed by atoms with van der Waals surface area (Å²) in [5.74, 6) is 0.658. The molecule has 0 radical (unpaired) electrons. The molecule has 84 valence electrons. The molecule has 0 spiro atoms. The minimum absolute atomic E-state index is 0.658. The lowest BCUT2D eigenvalue weighted by Gasteiger charge is -2.15. The van der Waals surface area contributed by atoms with Crippen molar-refractivity contribution in [1.82, 2.24) is 5.32 Å². The number of nitrogens with one attached hydrogen (secondary N) is 1. The minimum Gasteiger partial charge on any atom is -0.319 e. The summed E-state index contributed by atoms with van der Waals surface area (Å²) < 4.78 is 0. The third-order valence-corrected chi connectivity index (χ3v) is 2.93. The smallest absolute Gasteiger partial charge is 0.00170 e. The molecule has 0 bridgehead atoms. The van der Waals surface area contributed by atoms with E-state index in [1.54, 1.807) is 0 Å². The maximum atomic E-state index is 3.26. The first-order valence-corrected chi connectivity index (χ1v) is 6.05. The van der Waals surface area contributed by atoms with Crippen LogP contribution in [0.25, 0.3) is 0 Å². The second-order valence-electron chi connectivity index (χ2n) is 4.15. The van der Waals surface area contributed by atoms with Gasteiger partial charge in [0.2, 0.25) is 0 Å². The molecule has 0 amide bonds. The highest BCUT2D eigenvalue weighted by Crippen LogP contribution is 2.19. The van der Waals surface area contributed by atoms with Crippen molar-refractivity contribution in [3.8, 4) is 0 Å². The van der Waals surface area contributed by atoms with Crippen molar-refractivity contribution < 1.29 is 0 Å². The van der Waals surface area contributed by atoms with Gasteiger partial charge in [0.05, 0.1) is 0 Å². The first-order chi connectivity index (χ1) is 7.31. The third-order valence-electron chi connectivity index (χ3n) is 2.93. The van der Waals surface area contributed by atoms with Crippen LogP contribution >= 0.6 is 0 Å². The van der Waals surface area contributed by atoms with Gasteiger partial charge in [0.15, 0.2) is 0 Å². The summed E-state index contributed by atoms with van der Waals surface area (Å²) in [6.45, 7) is 5.55. The predicted molar refractivity (Wildman–Crippen MR) is 67.4 cm³/mol. The molecule has 1 unspecified atom stereocenters. The Balaban J connectivity index is 2.68. The van der Waals surface area contributed by atoms with E-state index in [4.69, 9.17) is 0 Å². The van der Waals surface area contributed by atoms with Crippen LogP contribution in [0.5, 0.6) is 0 Å². The molecular weight excluding hydrogens is 182 g/mol. The number of rotatable bonds is 6. The summed E-state index contributed by atoms with van der Waals surface area (Å²) >= 11 is 0. The van der Waals surface area contributed by atoms with Crippen molar-refractivity contribution in [2.45, 2.75) is 39.0 Å². The van der Waals surface area contributed by atoms with Crippen molar-refractivity contribution in [3.63, 3.8) is 0 Å². The minimum atomic E-state index is 0.658. The van der Waals surface area contributed by atoms with Gasteiger partial charge in [-0.15, -0.1) is 0 Å². The molecule has 0 saturated heterocycles. The van der Waals surface area contributed by atoms with Crippen molar-refractivity contribution in [2.24, 2.45) is 0 Å². The summed E-state index contributed by atoms with van der Waals surface area (Å²) in [5, 5.41) is 3.26. The number of likely N-dealkylation sites (N-methyl/N-ethyl adjacent to an activating group) is 1. The van der Waals surface area contributed by atoms with E-state index < -0.39 is 0 Å². The second kappa shape index (κ2) is 6.62. The average Bonchev–Trinajstić information content (AvgIpc) is 2.28. The molecule has 1 N–H and O–H groups in total. The van der Waals surface area contributed by atoms with E-state index in [2.05, 4.69) is 43.4 Å². The molecule has 1 atom stereocenters. The van der Waals surface area contributed by atoms with Crippen molar-refractivity contribution in [3.05, 3.63) is 35.4 Å². The summed E-state index contributed by atoms with van der Waals surface area (Å²) in [4.78, 5) is 0. The molecule has 1 nitrogen and oxygen atoms in total. The number of aryl methyl sites for hydroxylation is 1. The molecule has 1 heteroatoms. The maximum absolute atomic E-state index is 3.26. The fourth-order valence-electron chi connectivity index (χ4n) is 1.99. The SMILES string of the molecule is CCCc1ccc(C(CC)CNC)cc1. The van der Waals surface area contributed by atoms with Crippen molar-refractivity contribution in [2.75, 3.05) is 13.6 Å². The zero-order valence-corrected chi connectivity index (χ0v) is 10.2. The highest BCUT2D eigenvalue weighted by atomic mass is 14.8. The fourth-order valence-corrected chi connectivity index (χ4v) is 1.99.